The van der Waals surface area contributed by atoms with Crippen molar-refractivity contribution < 1.29 is 18.3 Å². The lowest BCUT2D eigenvalue weighted by molar-refractivity contribution is -0.134. The lowest BCUT2D eigenvalue weighted by Crippen LogP contribution is -2.34. The van der Waals surface area contributed by atoms with Crippen LogP contribution >= 0.6 is 11.6 Å². The number of carbonyl (C=O) groups excluding carboxylic acids is 1. The van der Waals surface area contributed by atoms with Crippen LogP contribution in [0, 0.1) is 5.82 Å². The number of hydrogen-bond donors (Lipinski definition) is 0. The van der Waals surface area contributed by atoms with Crippen LogP contribution in [0.15, 0.2) is 71.3 Å². The molecule has 4 nitrogen and oxygen atoms in total. The largest absolute Gasteiger partial charge is 0.484 e. The van der Waals surface area contributed by atoms with Crippen LogP contribution in [-0.2, 0) is 17.9 Å². The zero-order valence-corrected chi connectivity index (χ0v) is 14.7. The van der Waals surface area contributed by atoms with Crippen molar-refractivity contribution in [1.82, 2.24) is 4.90 Å². The molecule has 0 atom stereocenters. The molecule has 0 N–H and O–H groups in total. The van der Waals surface area contributed by atoms with E-state index in [0.29, 0.717) is 22.1 Å². The SMILES string of the molecule is O=C(COc1cccc(Cl)c1)N(Cc1ccco1)Cc1ccccc1F. The molecule has 0 spiro atoms. The highest BCUT2D eigenvalue weighted by Gasteiger charge is 2.18. The maximum Gasteiger partial charge on any atom is 0.261 e. The first-order valence-electron chi connectivity index (χ1n) is 8.04. The Balaban J connectivity index is 1.71. The van der Waals surface area contributed by atoms with Gasteiger partial charge in [0.1, 0.15) is 17.3 Å². The third-order valence-corrected chi connectivity index (χ3v) is 3.99. The summed E-state index contributed by atoms with van der Waals surface area (Å²) in [6, 6.07) is 16.7. The number of rotatable bonds is 7. The zero-order chi connectivity index (χ0) is 18.4. The van der Waals surface area contributed by atoms with Gasteiger partial charge in [-0.1, -0.05) is 35.9 Å². The Morgan fingerprint density at radius 3 is 2.65 bits per heavy atom. The number of nitrogens with zero attached hydrogens (tertiary/aromatic N) is 1. The van der Waals surface area contributed by atoms with Crippen LogP contribution in [0.1, 0.15) is 11.3 Å². The van der Waals surface area contributed by atoms with Crippen LogP contribution in [-0.4, -0.2) is 17.4 Å². The van der Waals surface area contributed by atoms with E-state index in [-0.39, 0.29) is 31.4 Å². The Bertz CT molecular complexity index is 867. The molecule has 26 heavy (non-hydrogen) atoms. The highest BCUT2D eigenvalue weighted by atomic mass is 35.5. The summed E-state index contributed by atoms with van der Waals surface area (Å²) in [6.45, 7) is 0.152. The molecule has 0 unspecified atom stereocenters. The maximum atomic E-state index is 14.0. The van der Waals surface area contributed by atoms with Crippen LogP contribution < -0.4 is 4.74 Å². The van der Waals surface area contributed by atoms with Crippen LogP contribution in [0.25, 0.3) is 0 Å². The van der Waals surface area contributed by atoms with Crippen molar-refractivity contribution in [3.05, 3.63) is 89.1 Å². The minimum atomic E-state index is -0.361. The Labute approximate surface area is 155 Å². The summed E-state index contributed by atoms with van der Waals surface area (Å²) < 4.78 is 24.8. The van der Waals surface area contributed by atoms with Crippen LogP contribution in [0.4, 0.5) is 4.39 Å². The van der Waals surface area contributed by atoms with E-state index in [4.69, 9.17) is 20.8 Å². The molecule has 0 aliphatic carbocycles. The fraction of sp³-hybridized carbons (Fsp3) is 0.150. The molecule has 6 heteroatoms. The van der Waals surface area contributed by atoms with Crippen LogP contribution in [0.5, 0.6) is 5.75 Å². The third kappa shape index (κ3) is 4.86. The summed E-state index contributed by atoms with van der Waals surface area (Å²) in [6.07, 6.45) is 1.53. The Morgan fingerprint density at radius 2 is 1.92 bits per heavy atom. The van der Waals surface area contributed by atoms with Gasteiger partial charge in [0.25, 0.3) is 5.91 Å². The van der Waals surface area contributed by atoms with Gasteiger partial charge < -0.3 is 14.1 Å². The molecule has 1 heterocycles. The molecule has 0 aliphatic rings. The third-order valence-electron chi connectivity index (χ3n) is 3.76. The van der Waals surface area contributed by atoms with Gasteiger partial charge in [-0.3, -0.25) is 4.79 Å². The van der Waals surface area contributed by atoms with Gasteiger partial charge in [0.15, 0.2) is 6.61 Å². The monoisotopic (exact) mass is 373 g/mol. The smallest absolute Gasteiger partial charge is 0.261 e. The minimum absolute atomic E-state index is 0.116. The Morgan fingerprint density at radius 1 is 1.08 bits per heavy atom. The Kier molecular flexibility index (Phi) is 5.92. The fourth-order valence-corrected chi connectivity index (χ4v) is 2.63. The number of halogens is 2. The van der Waals surface area contributed by atoms with Crippen molar-refractivity contribution in [1.29, 1.82) is 0 Å². The number of hydrogen-bond acceptors (Lipinski definition) is 3. The predicted molar refractivity (Wildman–Crippen MR) is 96.3 cm³/mol. The van der Waals surface area contributed by atoms with Crippen LogP contribution in [0.2, 0.25) is 5.02 Å². The second-order valence-electron chi connectivity index (χ2n) is 5.67. The van der Waals surface area contributed by atoms with Crippen molar-refractivity contribution in [2.24, 2.45) is 0 Å². The molecule has 0 saturated carbocycles. The summed E-state index contributed by atoms with van der Waals surface area (Å²) in [5, 5.41) is 0.522. The summed E-state index contributed by atoms with van der Waals surface area (Å²) in [4.78, 5) is 14.1. The Hall–Kier alpha value is -2.79. The van der Waals surface area contributed by atoms with Gasteiger partial charge in [-0.05, 0) is 36.4 Å². The maximum absolute atomic E-state index is 14.0. The van der Waals surface area contributed by atoms with E-state index in [1.54, 1.807) is 54.6 Å². The standard InChI is InChI=1S/C20H17ClFNO3/c21-16-6-3-7-17(11-16)26-14-20(24)23(13-18-8-4-10-25-18)12-15-5-1-2-9-19(15)22/h1-11H,12-14H2. The molecule has 0 saturated heterocycles. The van der Waals surface area contributed by atoms with Crippen molar-refractivity contribution in [3.63, 3.8) is 0 Å². The minimum Gasteiger partial charge on any atom is -0.484 e. The van der Waals surface area contributed by atoms with E-state index in [9.17, 15) is 9.18 Å². The first-order valence-corrected chi connectivity index (χ1v) is 8.41. The second-order valence-corrected chi connectivity index (χ2v) is 6.10. The van der Waals surface area contributed by atoms with Gasteiger partial charge in [0.2, 0.25) is 0 Å². The molecule has 1 aromatic heterocycles. The van der Waals surface area contributed by atoms with Crippen molar-refractivity contribution in [2.75, 3.05) is 6.61 Å². The molecular weight excluding hydrogens is 357 g/mol. The van der Waals surface area contributed by atoms with Crippen molar-refractivity contribution >= 4 is 17.5 Å². The lowest BCUT2D eigenvalue weighted by Gasteiger charge is -2.22. The number of benzene rings is 2. The van der Waals surface area contributed by atoms with E-state index in [1.165, 1.54) is 17.2 Å². The zero-order valence-electron chi connectivity index (χ0n) is 13.9. The molecule has 3 aromatic rings. The number of carbonyl (C=O) groups is 1. The van der Waals surface area contributed by atoms with Gasteiger partial charge in [-0.25, -0.2) is 4.39 Å². The lowest BCUT2D eigenvalue weighted by atomic mass is 10.2. The van der Waals surface area contributed by atoms with E-state index in [1.807, 2.05) is 0 Å². The molecule has 0 radical (unpaired) electrons. The van der Waals surface area contributed by atoms with Gasteiger partial charge in [-0.2, -0.15) is 0 Å². The number of ether oxygens (including phenoxy) is 1. The average molecular weight is 374 g/mol. The summed E-state index contributed by atoms with van der Waals surface area (Å²) >= 11 is 5.91. The number of furan rings is 1. The molecule has 134 valence electrons. The average Bonchev–Trinajstić information content (AvgIpc) is 3.14. The molecule has 2 aromatic carbocycles. The predicted octanol–water partition coefficient (Wildman–Crippen LogP) is 4.68. The normalized spacial score (nSPS) is 10.5. The van der Waals surface area contributed by atoms with E-state index >= 15 is 0 Å². The quantitative estimate of drug-likeness (QED) is 0.604. The fourth-order valence-electron chi connectivity index (χ4n) is 2.45. The second kappa shape index (κ2) is 8.54. The van der Waals surface area contributed by atoms with Crippen LogP contribution in [0.3, 0.4) is 0 Å². The van der Waals surface area contributed by atoms with E-state index < -0.39 is 0 Å². The van der Waals surface area contributed by atoms with Crippen molar-refractivity contribution in [2.45, 2.75) is 13.1 Å². The summed E-state index contributed by atoms with van der Waals surface area (Å²) in [5.74, 6) is 0.456. The summed E-state index contributed by atoms with van der Waals surface area (Å²) in [7, 11) is 0. The summed E-state index contributed by atoms with van der Waals surface area (Å²) in [5.41, 5.74) is 0.426. The molecule has 1 amide bonds. The highest BCUT2D eigenvalue weighted by Crippen LogP contribution is 2.18. The van der Waals surface area contributed by atoms with Gasteiger partial charge in [-0.15, -0.1) is 0 Å². The first-order chi connectivity index (χ1) is 12.6. The number of amides is 1. The molecule has 0 aliphatic heterocycles. The topological polar surface area (TPSA) is 42.7 Å². The van der Waals surface area contributed by atoms with Gasteiger partial charge in [0.05, 0.1) is 12.8 Å². The molecular formula is C20H17ClFNO3. The first kappa shape index (κ1) is 18.0. The van der Waals surface area contributed by atoms with E-state index in [2.05, 4.69) is 0 Å². The highest BCUT2D eigenvalue weighted by molar-refractivity contribution is 6.30. The van der Waals surface area contributed by atoms with E-state index in [0.717, 1.165) is 0 Å². The molecule has 0 fully saturated rings. The van der Waals surface area contributed by atoms with Crippen molar-refractivity contribution in [3.8, 4) is 5.75 Å². The molecule has 0 bridgehead atoms. The van der Waals surface area contributed by atoms with Gasteiger partial charge in [0, 0.05) is 17.1 Å². The van der Waals surface area contributed by atoms with Gasteiger partial charge >= 0.3 is 0 Å². The molecule has 3 rings (SSSR count).